The van der Waals surface area contributed by atoms with Crippen molar-refractivity contribution in [3.8, 4) is 0 Å². The zero-order chi connectivity index (χ0) is 9.26. The van der Waals surface area contributed by atoms with E-state index in [0.717, 1.165) is 5.02 Å². The molecule has 0 heterocycles. The fourth-order valence-electron chi connectivity index (χ4n) is 2.08. The minimum Gasteiger partial charge on any atom is -0.313 e. The predicted octanol–water partition coefficient (Wildman–Crippen LogP) is 2.94. The number of fused-ring (bicyclic) bond motifs is 1. The van der Waals surface area contributed by atoms with Gasteiger partial charge in [0.15, 0.2) is 0 Å². The van der Waals surface area contributed by atoms with Gasteiger partial charge in [-0.3, -0.25) is 0 Å². The molecule has 0 aliphatic heterocycles. The summed E-state index contributed by atoms with van der Waals surface area (Å²) in [6.45, 7) is 0. The van der Waals surface area contributed by atoms with E-state index in [2.05, 4.69) is 17.4 Å². The first-order chi connectivity index (χ1) is 6.31. The second kappa shape index (κ2) is 3.69. The Morgan fingerprint density at radius 2 is 2.31 bits per heavy atom. The zero-order valence-corrected chi connectivity index (χ0v) is 8.56. The van der Waals surface area contributed by atoms with Crippen LogP contribution in [0.3, 0.4) is 0 Å². The normalized spacial score (nSPS) is 21.2. The summed E-state index contributed by atoms with van der Waals surface area (Å²) >= 11 is 5.95. The highest BCUT2D eigenvalue weighted by Gasteiger charge is 2.18. The third-order valence-corrected chi connectivity index (χ3v) is 3.00. The van der Waals surface area contributed by atoms with Gasteiger partial charge in [-0.2, -0.15) is 0 Å². The molecule has 1 N–H and O–H groups in total. The third-order valence-electron chi connectivity index (χ3n) is 2.77. The van der Waals surface area contributed by atoms with E-state index < -0.39 is 0 Å². The number of halogens is 1. The van der Waals surface area contributed by atoms with Gasteiger partial charge < -0.3 is 5.32 Å². The Kier molecular flexibility index (Phi) is 2.56. The number of rotatable bonds is 1. The highest BCUT2D eigenvalue weighted by molar-refractivity contribution is 6.30. The molecule has 0 aromatic heterocycles. The molecular weight excluding hydrogens is 182 g/mol. The van der Waals surface area contributed by atoms with Crippen molar-refractivity contribution in [2.24, 2.45) is 0 Å². The molecule has 70 valence electrons. The quantitative estimate of drug-likeness (QED) is 0.727. The fraction of sp³-hybridized carbons (Fsp3) is 0.455. The smallest absolute Gasteiger partial charge is 0.0408 e. The molecule has 1 nitrogen and oxygen atoms in total. The maximum atomic E-state index is 5.95. The van der Waals surface area contributed by atoms with Crippen LogP contribution in [0.15, 0.2) is 18.2 Å². The van der Waals surface area contributed by atoms with E-state index in [0.29, 0.717) is 6.04 Å². The van der Waals surface area contributed by atoms with Gasteiger partial charge in [-0.1, -0.05) is 17.7 Å². The van der Waals surface area contributed by atoms with E-state index in [-0.39, 0.29) is 0 Å². The largest absolute Gasteiger partial charge is 0.313 e. The lowest BCUT2D eigenvalue weighted by Crippen LogP contribution is -2.21. The van der Waals surface area contributed by atoms with E-state index in [4.69, 9.17) is 11.6 Å². The number of nitrogens with one attached hydrogen (secondary N) is 1. The molecule has 1 aliphatic rings. The van der Waals surface area contributed by atoms with E-state index in [1.54, 1.807) is 0 Å². The number of hydrogen-bond donors (Lipinski definition) is 1. The van der Waals surface area contributed by atoms with Gasteiger partial charge in [-0.05, 0) is 49.6 Å². The minimum atomic E-state index is 0.529. The van der Waals surface area contributed by atoms with Crippen molar-refractivity contribution in [3.05, 3.63) is 34.3 Å². The van der Waals surface area contributed by atoms with Crippen LogP contribution in [0.5, 0.6) is 0 Å². The van der Waals surface area contributed by atoms with Gasteiger partial charge in [0.1, 0.15) is 0 Å². The van der Waals surface area contributed by atoms with Crippen molar-refractivity contribution in [2.45, 2.75) is 25.3 Å². The Labute approximate surface area is 84.1 Å². The van der Waals surface area contributed by atoms with Crippen molar-refractivity contribution in [3.63, 3.8) is 0 Å². The van der Waals surface area contributed by atoms with Crippen LogP contribution in [0.1, 0.15) is 30.0 Å². The molecule has 1 aromatic rings. The summed E-state index contributed by atoms with van der Waals surface area (Å²) in [6.07, 6.45) is 3.68. The average molecular weight is 196 g/mol. The monoisotopic (exact) mass is 195 g/mol. The third kappa shape index (κ3) is 1.72. The summed E-state index contributed by atoms with van der Waals surface area (Å²) in [5.74, 6) is 0. The summed E-state index contributed by atoms with van der Waals surface area (Å²) in [4.78, 5) is 0. The van der Waals surface area contributed by atoms with Crippen molar-refractivity contribution >= 4 is 11.6 Å². The molecule has 0 amide bonds. The second-order valence-corrected chi connectivity index (χ2v) is 4.01. The van der Waals surface area contributed by atoms with E-state index in [1.807, 2.05) is 13.1 Å². The molecule has 2 heteroatoms. The molecule has 0 spiro atoms. The second-order valence-electron chi connectivity index (χ2n) is 3.58. The Morgan fingerprint density at radius 3 is 3.08 bits per heavy atom. The number of aryl methyl sites for hydroxylation is 1. The molecule has 13 heavy (non-hydrogen) atoms. The number of hydrogen-bond acceptors (Lipinski definition) is 1. The highest BCUT2D eigenvalue weighted by Crippen LogP contribution is 2.30. The van der Waals surface area contributed by atoms with Crippen LogP contribution in [0, 0.1) is 0 Å². The lowest BCUT2D eigenvalue weighted by atomic mass is 9.88. The molecule has 0 radical (unpaired) electrons. The van der Waals surface area contributed by atoms with Gasteiger partial charge in [-0.25, -0.2) is 0 Å². The highest BCUT2D eigenvalue weighted by atomic mass is 35.5. The first-order valence-electron chi connectivity index (χ1n) is 4.77. The van der Waals surface area contributed by atoms with Crippen molar-refractivity contribution < 1.29 is 0 Å². The first-order valence-corrected chi connectivity index (χ1v) is 5.14. The van der Waals surface area contributed by atoms with Crippen molar-refractivity contribution in [1.82, 2.24) is 5.32 Å². The summed E-state index contributed by atoms with van der Waals surface area (Å²) in [7, 11) is 2.02. The van der Waals surface area contributed by atoms with Gasteiger partial charge in [0.25, 0.3) is 0 Å². The lowest BCUT2D eigenvalue weighted by Gasteiger charge is -2.25. The molecular formula is C11H14ClN. The van der Waals surface area contributed by atoms with Gasteiger partial charge >= 0.3 is 0 Å². The molecule has 0 saturated heterocycles. The van der Waals surface area contributed by atoms with Gasteiger partial charge in [0.05, 0.1) is 0 Å². The first kappa shape index (κ1) is 9.04. The molecule has 1 aliphatic carbocycles. The summed E-state index contributed by atoms with van der Waals surface area (Å²) in [5.41, 5.74) is 2.84. The molecule has 2 rings (SSSR count). The van der Waals surface area contributed by atoms with Crippen LogP contribution in [-0.4, -0.2) is 7.05 Å². The van der Waals surface area contributed by atoms with Crippen molar-refractivity contribution in [1.29, 1.82) is 0 Å². The van der Waals surface area contributed by atoms with Crippen LogP contribution in [0.25, 0.3) is 0 Å². The minimum absolute atomic E-state index is 0.529. The van der Waals surface area contributed by atoms with Crippen LogP contribution in [0.4, 0.5) is 0 Å². The Bertz CT molecular complexity index is 309. The molecule has 1 aromatic carbocycles. The lowest BCUT2D eigenvalue weighted by molar-refractivity contribution is 0.496. The summed E-state index contributed by atoms with van der Waals surface area (Å²) in [6, 6.07) is 6.76. The molecule has 1 unspecified atom stereocenters. The van der Waals surface area contributed by atoms with Crippen LogP contribution in [-0.2, 0) is 6.42 Å². The van der Waals surface area contributed by atoms with Gasteiger partial charge in [0.2, 0.25) is 0 Å². The summed E-state index contributed by atoms with van der Waals surface area (Å²) in [5, 5.41) is 4.19. The molecule has 0 fully saturated rings. The van der Waals surface area contributed by atoms with Crippen molar-refractivity contribution in [2.75, 3.05) is 7.05 Å². The van der Waals surface area contributed by atoms with E-state index in [1.165, 1.54) is 30.4 Å². The van der Waals surface area contributed by atoms with Crippen LogP contribution >= 0.6 is 11.6 Å². The SMILES string of the molecule is CNC1CCCc2cc(Cl)ccc21. The predicted molar refractivity (Wildman–Crippen MR) is 56.2 cm³/mol. The van der Waals surface area contributed by atoms with E-state index in [9.17, 15) is 0 Å². The molecule has 0 bridgehead atoms. The van der Waals surface area contributed by atoms with Gasteiger partial charge in [-0.15, -0.1) is 0 Å². The number of benzene rings is 1. The van der Waals surface area contributed by atoms with E-state index >= 15 is 0 Å². The maximum absolute atomic E-state index is 5.95. The topological polar surface area (TPSA) is 12.0 Å². The standard InChI is InChI=1S/C11H14ClN/c1-13-11-4-2-3-8-7-9(12)5-6-10(8)11/h5-7,11,13H,2-4H2,1H3. The van der Waals surface area contributed by atoms with Crippen LogP contribution in [0.2, 0.25) is 5.02 Å². The maximum Gasteiger partial charge on any atom is 0.0408 e. The average Bonchev–Trinajstić information content (AvgIpc) is 2.16. The molecule has 1 atom stereocenters. The molecule has 0 saturated carbocycles. The Morgan fingerprint density at radius 1 is 1.46 bits per heavy atom. The fourth-order valence-corrected chi connectivity index (χ4v) is 2.28. The zero-order valence-electron chi connectivity index (χ0n) is 7.81. The Hall–Kier alpha value is -0.530. The van der Waals surface area contributed by atoms with Crippen LogP contribution < -0.4 is 5.32 Å². The Balaban J connectivity index is 2.40. The summed E-state index contributed by atoms with van der Waals surface area (Å²) < 4.78 is 0. The van der Waals surface area contributed by atoms with Gasteiger partial charge in [0, 0.05) is 11.1 Å².